The van der Waals surface area contributed by atoms with Crippen LogP contribution in [0.4, 0.5) is 0 Å². The smallest absolute Gasteiger partial charge is 0.324 e. The highest BCUT2D eigenvalue weighted by atomic mass is 16.5. The van der Waals surface area contributed by atoms with E-state index in [4.69, 9.17) is 4.74 Å². The van der Waals surface area contributed by atoms with Crippen LogP contribution in [0.25, 0.3) is 0 Å². The first-order chi connectivity index (χ1) is 6.63. The van der Waals surface area contributed by atoms with E-state index >= 15 is 0 Å². The molecule has 2 atom stereocenters. The topological polar surface area (TPSA) is 50.4 Å². The normalized spacial score (nSPS) is 26.9. The predicted molar refractivity (Wildman–Crippen MR) is 54.6 cm³/mol. The standard InChI is InChI=1S/C10H20N2O2/c1-4-5-8-6-9(12-11-8)10(13)14-7(2)3/h7-9,11-12H,4-6H2,1-3H3. The molecule has 0 spiro atoms. The van der Waals surface area contributed by atoms with E-state index in [1.807, 2.05) is 13.8 Å². The minimum atomic E-state index is -0.172. The maximum absolute atomic E-state index is 11.5. The summed E-state index contributed by atoms with van der Waals surface area (Å²) in [5.74, 6) is -0.147. The van der Waals surface area contributed by atoms with Gasteiger partial charge < -0.3 is 4.74 Å². The molecule has 82 valence electrons. The number of carbonyl (C=O) groups is 1. The fourth-order valence-electron chi connectivity index (χ4n) is 1.63. The Kier molecular flexibility index (Phi) is 4.35. The van der Waals surface area contributed by atoms with Crippen molar-refractivity contribution in [2.75, 3.05) is 0 Å². The van der Waals surface area contributed by atoms with Crippen molar-refractivity contribution >= 4 is 5.97 Å². The van der Waals surface area contributed by atoms with E-state index in [1.54, 1.807) is 0 Å². The number of hydrazine groups is 1. The summed E-state index contributed by atoms with van der Waals surface area (Å²) in [4.78, 5) is 11.5. The lowest BCUT2D eigenvalue weighted by Gasteiger charge is -2.12. The SMILES string of the molecule is CCCC1CC(C(=O)OC(C)C)NN1. The Hall–Kier alpha value is -0.610. The van der Waals surface area contributed by atoms with Gasteiger partial charge in [-0.05, 0) is 26.7 Å². The maximum atomic E-state index is 11.5. The van der Waals surface area contributed by atoms with E-state index in [-0.39, 0.29) is 18.1 Å². The summed E-state index contributed by atoms with van der Waals surface area (Å²) in [6, 6.07) is 0.235. The Morgan fingerprint density at radius 2 is 2.21 bits per heavy atom. The molecule has 4 nitrogen and oxygen atoms in total. The molecule has 0 aromatic carbocycles. The number of hydrogen-bond acceptors (Lipinski definition) is 4. The Morgan fingerprint density at radius 1 is 1.50 bits per heavy atom. The molecule has 2 unspecified atom stereocenters. The van der Waals surface area contributed by atoms with Crippen molar-refractivity contribution in [2.24, 2.45) is 0 Å². The van der Waals surface area contributed by atoms with Crippen LogP contribution in [0.5, 0.6) is 0 Å². The van der Waals surface area contributed by atoms with Gasteiger partial charge in [-0.15, -0.1) is 0 Å². The molecule has 0 aromatic rings. The fraction of sp³-hybridized carbons (Fsp3) is 0.900. The van der Waals surface area contributed by atoms with Gasteiger partial charge in [0, 0.05) is 6.04 Å². The van der Waals surface area contributed by atoms with Crippen LogP contribution in [0.15, 0.2) is 0 Å². The molecule has 14 heavy (non-hydrogen) atoms. The third-order valence-electron chi connectivity index (χ3n) is 2.26. The van der Waals surface area contributed by atoms with Crippen molar-refractivity contribution in [2.45, 2.75) is 58.2 Å². The van der Waals surface area contributed by atoms with Crippen LogP contribution in [0.3, 0.4) is 0 Å². The zero-order valence-electron chi connectivity index (χ0n) is 9.17. The largest absolute Gasteiger partial charge is 0.462 e. The van der Waals surface area contributed by atoms with Crippen LogP contribution >= 0.6 is 0 Å². The van der Waals surface area contributed by atoms with E-state index in [9.17, 15) is 4.79 Å². The first-order valence-electron chi connectivity index (χ1n) is 5.35. The second-order valence-electron chi connectivity index (χ2n) is 4.05. The molecule has 1 aliphatic heterocycles. The predicted octanol–water partition coefficient (Wildman–Crippen LogP) is 0.973. The van der Waals surface area contributed by atoms with Gasteiger partial charge >= 0.3 is 5.97 Å². The summed E-state index contributed by atoms with van der Waals surface area (Å²) < 4.78 is 5.12. The lowest BCUT2D eigenvalue weighted by molar-refractivity contribution is -0.149. The van der Waals surface area contributed by atoms with E-state index in [0.29, 0.717) is 6.04 Å². The highest BCUT2D eigenvalue weighted by Crippen LogP contribution is 2.11. The van der Waals surface area contributed by atoms with Gasteiger partial charge in [0.15, 0.2) is 0 Å². The first-order valence-corrected chi connectivity index (χ1v) is 5.35. The molecular weight excluding hydrogens is 180 g/mol. The number of rotatable bonds is 4. The zero-order chi connectivity index (χ0) is 10.6. The van der Waals surface area contributed by atoms with Gasteiger partial charge in [-0.3, -0.25) is 10.2 Å². The van der Waals surface area contributed by atoms with Gasteiger partial charge in [0.05, 0.1) is 6.10 Å². The van der Waals surface area contributed by atoms with Gasteiger partial charge in [-0.25, -0.2) is 5.43 Å². The van der Waals surface area contributed by atoms with Crippen molar-refractivity contribution in [1.29, 1.82) is 0 Å². The molecule has 0 bridgehead atoms. The molecule has 1 aliphatic rings. The average molecular weight is 200 g/mol. The van der Waals surface area contributed by atoms with Crippen molar-refractivity contribution < 1.29 is 9.53 Å². The lowest BCUT2D eigenvalue weighted by atomic mass is 10.1. The van der Waals surface area contributed by atoms with E-state index < -0.39 is 0 Å². The quantitative estimate of drug-likeness (QED) is 0.664. The Bertz CT molecular complexity index is 195. The van der Waals surface area contributed by atoms with E-state index in [2.05, 4.69) is 17.8 Å². The fourth-order valence-corrected chi connectivity index (χ4v) is 1.63. The Balaban J connectivity index is 2.30. The minimum Gasteiger partial charge on any atom is -0.462 e. The summed E-state index contributed by atoms with van der Waals surface area (Å²) >= 11 is 0. The van der Waals surface area contributed by atoms with Crippen molar-refractivity contribution in [3.63, 3.8) is 0 Å². The van der Waals surface area contributed by atoms with Crippen molar-refractivity contribution in [1.82, 2.24) is 10.9 Å². The zero-order valence-corrected chi connectivity index (χ0v) is 9.17. The molecular formula is C10H20N2O2. The lowest BCUT2D eigenvalue weighted by Crippen LogP contribution is -2.39. The molecule has 1 saturated heterocycles. The molecule has 0 amide bonds. The maximum Gasteiger partial charge on any atom is 0.324 e. The van der Waals surface area contributed by atoms with Crippen LogP contribution in [0.2, 0.25) is 0 Å². The van der Waals surface area contributed by atoms with Crippen molar-refractivity contribution in [3.05, 3.63) is 0 Å². The number of nitrogens with one attached hydrogen (secondary N) is 2. The Labute approximate surface area is 85.4 Å². The summed E-state index contributed by atoms with van der Waals surface area (Å²) in [5.41, 5.74) is 6.08. The van der Waals surface area contributed by atoms with Gasteiger partial charge in [-0.1, -0.05) is 13.3 Å². The van der Waals surface area contributed by atoms with Crippen molar-refractivity contribution in [3.8, 4) is 0 Å². The third kappa shape index (κ3) is 3.27. The van der Waals surface area contributed by atoms with Crippen LogP contribution in [0, 0.1) is 0 Å². The summed E-state index contributed by atoms with van der Waals surface area (Å²) in [6.45, 7) is 5.87. The third-order valence-corrected chi connectivity index (χ3v) is 2.26. The highest BCUT2D eigenvalue weighted by molar-refractivity contribution is 5.76. The summed E-state index contributed by atoms with van der Waals surface area (Å²) in [7, 11) is 0. The van der Waals surface area contributed by atoms with Crippen LogP contribution < -0.4 is 10.9 Å². The molecule has 0 aromatic heterocycles. The van der Waals surface area contributed by atoms with Gasteiger partial charge in [-0.2, -0.15) is 0 Å². The first kappa shape index (κ1) is 11.5. The Morgan fingerprint density at radius 3 is 2.79 bits per heavy atom. The number of hydrogen-bond donors (Lipinski definition) is 2. The molecule has 4 heteroatoms. The van der Waals surface area contributed by atoms with Gasteiger partial charge in [0.1, 0.15) is 6.04 Å². The van der Waals surface area contributed by atoms with Crippen LogP contribution in [-0.2, 0) is 9.53 Å². The number of esters is 1. The van der Waals surface area contributed by atoms with Gasteiger partial charge in [0.2, 0.25) is 0 Å². The highest BCUT2D eigenvalue weighted by Gasteiger charge is 2.29. The van der Waals surface area contributed by atoms with E-state index in [0.717, 1.165) is 19.3 Å². The molecule has 0 aliphatic carbocycles. The summed E-state index contributed by atoms with van der Waals surface area (Å²) in [5, 5.41) is 0. The second kappa shape index (κ2) is 5.32. The van der Waals surface area contributed by atoms with E-state index in [1.165, 1.54) is 0 Å². The molecule has 1 heterocycles. The number of ether oxygens (including phenoxy) is 1. The average Bonchev–Trinajstić information content (AvgIpc) is 2.52. The van der Waals surface area contributed by atoms with Gasteiger partial charge in [0.25, 0.3) is 0 Å². The number of carbonyl (C=O) groups excluding carboxylic acids is 1. The second-order valence-corrected chi connectivity index (χ2v) is 4.05. The van der Waals surface area contributed by atoms with Crippen LogP contribution in [0.1, 0.15) is 40.0 Å². The molecule has 0 radical (unpaired) electrons. The minimum absolute atomic E-state index is 0.0328. The molecule has 1 rings (SSSR count). The monoisotopic (exact) mass is 200 g/mol. The summed E-state index contributed by atoms with van der Waals surface area (Å²) in [6.07, 6.45) is 3.03. The molecule has 1 fully saturated rings. The molecule has 0 saturated carbocycles. The van der Waals surface area contributed by atoms with Crippen LogP contribution in [-0.4, -0.2) is 24.2 Å². The molecule has 2 N–H and O–H groups in total.